The van der Waals surface area contributed by atoms with Crippen molar-refractivity contribution in [2.75, 3.05) is 16.8 Å². The Kier molecular flexibility index (Phi) is 3.30. The number of amides is 2. The van der Waals surface area contributed by atoms with Crippen molar-refractivity contribution in [2.24, 2.45) is 0 Å². The number of hydrogen-bond acceptors (Lipinski definition) is 4. The van der Waals surface area contributed by atoms with Crippen LogP contribution in [0, 0.1) is 0 Å². The van der Waals surface area contributed by atoms with E-state index in [9.17, 15) is 14.4 Å². The highest BCUT2D eigenvalue weighted by Crippen LogP contribution is 2.31. The van der Waals surface area contributed by atoms with E-state index in [0.29, 0.717) is 23.4 Å². The van der Waals surface area contributed by atoms with Crippen LogP contribution in [0.3, 0.4) is 0 Å². The van der Waals surface area contributed by atoms with E-state index in [4.69, 9.17) is 4.74 Å². The second-order valence-corrected chi connectivity index (χ2v) is 5.74. The number of para-hydroxylation sites is 2. The second kappa shape index (κ2) is 5.49. The number of carbonyl (C=O) groups is 3. The molecule has 0 unspecified atom stereocenters. The molecule has 0 aliphatic carbocycles. The first-order valence-corrected chi connectivity index (χ1v) is 7.62. The molecular formula is C18H14N2O4. The quantitative estimate of drug-likeness (QED) is 0.812. The summed E-state index contributed by atoms with van der Waals surface area (Å²) in [5, 5.41) is 2.73. The average molecular weight is 322 g/mol. The monoisotopic (exact) mass is 322 g/mol. The van der Waals surface area contributed by atoms with Gasteiger partial charge in [-0.25, -0.2) is 4.79 Å². The minimum absolute atomic E-state index is 0.0917. The highest BCUT2D eigenvalue weighted by molar-refractivity contribution is 6.11. The van der Waals surface area contributed by atoms with Gasteiger partial charge in [0.2, 0.25) is 5.91 Å². The summed E-state index contributed by atoms with van der Waals surface area (Å²) in [4.78, 5) is 38.3. The molecule has 0 bridgehead atoms. The lowest BCUT2D eigenvalue weighted by molar-refractivity contribution is -0.129. The summed E-state index contributed by atoms with van der Waals surface area (Å²) in [7, 11) is 0. The van der Waals surface area contributed by atoms with E-state index in [1.54, 1.807) is 36.4 Å². The van der Waals surface area contributed by atoms with Gasteiger partial charge in [0.25, 0.3) is 5.91 Å². The van der Waals surface area contributed by atoms with Gasteiger partial charge in [-0.15, -0.1) is 0 Å². The molecular weight excluding hydrogens is 308 g/mol. The van der Waals surface area contributed by atoms with Gasteiger partial charge in [0.1, 0.15) is 6.54 Å². The van der Waals surface area contributed by atoms with Crippen molar-refractivity contribution in [3.05, 3.63) is 59.7 Å². The van der Waals surface area contributed by atoms with E-state index in [-0.39, 0.29) is 18.4 Å². The van der Waals surface area contributed by atoms with Crippen LogP contribution in [0.15, 0.2) is 48.5 Å². The molecule has 6 nitrogen and oxygen atoms in total. The number of nitrogens with one attached hydrogen (secondary N) is 1. The first kappa shape index (κ1) is 14.4. The lowest BCUT2D eigenvalue weighted by Crippen LogP contribution is -2.49. The SMILES string of the molecule is O=C1CN(C(=O)[C@@H]2Cc3ccccc3C(=O)O2)c2ccccc2N1. The smallest absolute Gasteiger partial charge is 0.339 e. The van der Waals surface area contributed by atoms with Gasteiger partial charge in [0, 0.05) is 6.42 Å². The fourth-order valence-electron chi connectivity index (χ4n) is 3.07. The fourth-order valence-corrected chi connectivity index (χ4v) is 3.07. The molecule has 0 aromatic heterocycles. The molecule has 4 rings (SSSR count). The zero-order valence-corrected chi connectivity index (χ0v) is 12.7. The van der Waals surface area contributed by atoms with E-state index in [0.717, 1.165) is 5.56 Å². The molecule has 1 atom stereocenters. The Balaban J connectivity index is 1.66. The number of hydrogen-bond donors (Lipinski definition) is 1. The molecule has 1 N–H and O–H groups in total. The van der Waals surface area contributed by atoms with Gasteiger partial charge < -0.3 is 10.1 Å². The van der Waals surface area contributed by atoms with Crippen LogP contribution < -0.4 is 10.2 Å². The van der Waals surface area contributed by atoms with Gasteiger partial charge in [-0.2, -0.15) is 0 Å². The Labute approximate surface area is 138 Å². The summed E-state index contributed by atoms with van der Waals surface area (Å²) in [6.45, 7) is -0.0917. The molecule has 24 heavy (non-hydrogen) atoms. The molecule has 120 valence electrons. The van der Waals surface area contributed by atoms with Gasteiger partial charge in [-0.05, 0) is 23.8 Å². The summed E-state index contributed by atoms with van der Waals surface area (Å²) in [6.07, 6.45) is -0.618. The molecule has 2 heterocycles. The summed E-state index contributed by atoms with van der Waals surface area (Å²) < 4.78 is 5.32. The van der Waals surface area contributed by atoms with Crippen LogP contribution in [0.4, 0.5) is 11.4 Å². The summed E-state index contributed by atoms with van der Waals surface area (Å²) in [6, 6.07) is 14.1. The third kappa shape index (κ3) is 2.32. The minimum atomic E-state index is -0.925. The van der Waals surface area contributed by atoms with Crippen molar-refractivity contribution >= 4 is 29.2 Å². The van der Waals surface area contributed by atoms with Gasteiger partial charge in [-0.3, -0.25) is 14.5 Å². The highest BCUT2D eigenvalue weighted by Gasteiger charge is 2.37. The van der Waals surface area contributed by atoms with E-state index in [1.807, 2.05) is 12.1 Å². The minimum Gasteiger partial charge on any atom is -0.448 e. The van der Waals surface area contributed by atoms with Crippen molar-refractivity contribution < 1.29 is 19.1 Å². The van der Waals surface area contributed by atoms with Crippen molar-refractivity contribution in [1.29, 1.82) is 0 Å². The van der Waals surface area contributed by atoms with Crippen molar-refractivity contribution in [1.82, 2.24) is 0 Å². The number of carbonyl (C=O) groups excluding carboxylic acids is 3. The molecule has 2 aliphatic heterocycles. The van der Waals surface area contributed by atoms with Crippen LogP contribution in [0.25, 0.3) is 0 Å². The van der Waals surface area contributed by atoms with Crippen LogP contribution in [0.1, 0.15) is 15.9 Å². The van der Waals surface area contributed by atoms with Crippen LogP contribution in [-0.2, 0) is 20.7 Å². The number of rotatable bonds is 1. The third-order valence-electron chi connectivity index (χ3n) is 4.20. The molecule has 2 amide bonds. The lowest BCUT2D eigenvalue weighted by atomic mass is 9.97. The number of cyclic esters (lactones) is 1. The van der Waals surface area contributed by atoms with E-state index >= 15 is 0 Å². The number of esters is 1. The van der Waals surface area contributed by atoms with E-state index in [2.05, 4.69) is 5.32 Å². The average Bonchev–Trinajstić information content (AvgIpc) is 2.60. The van der Waals surface area contributed by atoms with Crippen LogP contribution in [0.2, 0.25) is 0 Å². The van der Waals surface area contributed by atoms with Crippen LogP contribution in [0.5, 0.6) is 0 Å². The molecule has 0 saturated carbocycles. The van der Waals surface area contributed by atoms with Gasteiger partial charge >= 0.3 is 5.97 Å². The number of fused-ring (bicyclic) bond motifs is 2. The Bertz CT molecular complexity index is 862. The van der Waals surface area contributed by atoms with Crippen LogP contribution >= 0.6 is 0 Å². The first-order chi connectivity index (χ1) is 11.6. The van der Waals surface area contributed by atoms with E-state index < -0.39 is 12.1 Å². The standard InChI is InChI=1S/C18H14N2O4/c21-16-10-20(14-8-4-3-7-13(14)19-16)17(22)15-9-11-5-1-2-6-12(11)18(23)24-15/h1-8,15H,9-10H2,(H,19,21)/t15-/m0/s1. The topological polar surface area (TPSA) is 75.7 Å². The Morgan fingerprint density at radius 3 is 2.71 bits per heavy atom. The van der Waals surface area contributed by atoms with Crippen LogP contribution in [-0.4, -0.2) is 30.4 Å². The second-order valence-electron chi connectivity index (χ2n) is 5.74. The maximum Gasteiger partial charge on any atom is 0.339 e. The predicted octanol–water partition coefficient (Wildman–Crippen LogP) is 1.75. The zero-order valence-electron chi connectivity index (χ0n) is 12.7. The maximum atomic E-state index is 12.9. The Morgan fingerprint density at radius 1 is 1.08 bits per heavy atom. The molecule has 0 radical (unpaired) electrons. The first-order valence-electron chi connectivity index (χ1n) is 7.62. The largest absolute Gasteiger partial charge is 0.448 e. The number of anilines is 2. The van der Waals surface area contributed by atoms with Gasteiger partial charge in [0.05, 0.1) is 16.9 Å². The zero-order chi connectivity index (χ0) is 16.7. The number of ether oxygens (including phenoxy) is 1. The van der Waals surface area contributed by atoms with Gasteiger partial charge in [0.15, 0.2) is 6.10 Å². The molecule has 0 spiro atoms. The number of nitrogens with zero attached hydrogens (tertiary/aromatic N) is 1. The highest BCUT2D eigenvalue weighted by atomic mass is 16.5. The lowest BCUT2D eigenvalue weighted by Gasteiger charge is -2.33. The summed E-state index contributed by atoms with van der Waals surface area (Å²) >= 11 is 0. The predicted molar refractivity (Wildman–Crippen MR) is 86.8 cm³/mol. The third-order valence-corrected chi connectivity index (χ3v) is 4.20. The molecule has 2 aromatic rings. The molecule has 6 heteroatoms. The molecule has 0 saturated heterocycles. The van der Waals surface area contributed by atoms with Crippen molar-refractivity contribution in [3.63, 3.8) is 0 Å². The normalized spacial score (nSPS) is 19.0. The van der Waals surface area contributed by atoms with E-state index in [1.165, 1.54) is 4.90 Å². The van der Waals surface area contributed by atoms with Crippen molar-refractivity contribution in [3.8, 4) is 0 Å². The van der Waals surface area contributed by atoms with Crippen molar-refractivity contribution in [2.45, 2.75) is 12.5 Å². The molecule has 0 fully saturated rings. The fraction of sp³-hybridized carbons (Fsp3) is 0.167. The molecule has 2 aliphatic rings. The Hall–Kier alpha value is -3.15. The Morgan fingerprint density at radius 2 is 1.83 bits per heavy atom. The number of benzene rings is 2. The summed E-state index contributed by atoms with van der Waals surface area (Å²) in [5.74, 6) is -1.17. The van der Waals surface area contributed by atoms with Gasteiger partial charge in [-0.1, -0.05) is 30.3 Å². The summed E-state index contributed by atoms with van der Waals surface area (Å²) in [5.41, 5.74) is 2.45. The molecule has 2 aromatic carbocycles. The maximum absolute atomic E-state index is 12.9.